The molecule has 1 radical (unpaired) electrons. The van der Waals surface area contributed by atoms with Gasteiger partial charge in [0.1, 0.15) is 13.1 Å². The summed E-state index contributed by atoms with van der Waals surface area (Å²) in [6.45, 7) is 5.92. The van der Waals surface area contributed by atoms with Gasteiger partial charge in [-0.1, -0.05) is 0 Å². The first-order valence-electron chi connectivity index (χ1n) is 4.38. The van der Waals surface area contributed by atoms with Crippen molar-refractivity contribution in [2.75, 3.05) is 19.6 Å². The molecule has 2 fully saturated rings. The zero-order valence-electron chi connectivity index (χ0n) is 7.08. The van der Waals surface area contributed by atoms with Gasteiger partial charge in [-0.3, -0.25) is 4.79 Å². The number of rotatable bonds is 3. The van der Waals surface area contributed by atoms with Crippen LogP contribution in [0.5, 0.6) is 0 Å². The maximum atomic E-state index is 10.5. The molecule has 0 aliphatic carbocycles. The molecule has 2 aliphatic rings. The first kappa shape index (κ1) is 8.01. The molecule has 2 aliphatic heterocycles. The third-order valence-corrected chi connectivity index (χ3v) is 2.61. The zero-order valence-corrected chi connectivity index (χ0v) is 7.08. The van der Waals surface area contributed by atoms with Crippen LogP contribution < -0.4 is 5.32 Å². The Morgan fingerprint density at radius 3 is 3.08 bits per heavy atom. The van der Waals surface area contributed by atoms with Crippen LogP contribution >= 0.6 is 0 Å². The molecular formula is C8H14N2O2+. The Labute approximate surface area is 72.0 Å². The molecule has 2 heterocycles. The summed E-state index contributed by atoms with van der Waals surface area (Å²) in [5, 5.41) is 2.68. The molecule has 0 aromatic rings. The van der Waals surface area contributed by atoms with Crippen LogP contribution in [0.2, 0.25) is 0 Å². The molecule has 2 atom stereocenters. The highest BCUT2D eigenvalue weighted by Gasteiger charge is 2.61. The van der Waals surface area contributed by atoms with Crippen LogP contribution in [0.4, 0.5) is 0 Å². The second-order valence-corrected chi connectivity index (χ2v) is 3.45. The van der Waals surface area contributed by atoms with Gasteiger partial charge < -0.3 is 5.32 Å². The van der Waals surface area contributed by atoms with Crippen LogP contribution in [-0.2, 0) is 9.63 Å². The molecule has 4 heteroatoms. The van der Waals surface area contributed by atoms with Gasteiger partial charge in [0.2, 0.25) is 5.91 Å². The first-order chi connectivity index (χ1) is 5.73. The number of nitrogens with one attached hydrogen (secondary N) is 1. The van der Waals surface area contributed by atoms with E-state index in [-0.39, 0.29) is 5.91 Å². The van der Waals surface area contributed by atoms with Gasteiger partial charge in [0, 0.05) is 19.8 Å². The minimum atomic E-state index is -0.203. The molecule has 2 saturated heterocycles. The molecule has 0 bridgehead atoms. The fourth-order valence-corrected chi connectivity index (χ4v) is 1.93. The van der Waals surface area contributed by atoms with E-state index >= 15 is 0 Å². The summed E-state index contributed by atoms with van der Waals surface area (Å²) in [5.74, 6) is -0.203. The lowest BCUT2D eigenvalue weighted by atomic mass is 10.4. The maximum absolute atomic E-state index is 10.5. The molecule has 0 spiro atoms. The van der Waals surface area contributed by atoms with Crippen molar-refractivity contribution < 1.29 is 14.3 Å². The summed E-state index contributed by atoms with van der Waals surface area (Å²) < 4.78 is 0.778. The summed E-state index contributed by atoms with van der Waals surface area (Å²) in [4.78, 5) is 16.0. The van der Waals surface area contributed by atoms with Gasteiger partial charge in [-0.2, -0.15) is 0 Å². The van der Waals surface area contributed by atoms with E-state index in [2.05, 4.69) is 12.2 Å². The average molecular weight is 170 g/mol. The van der Waals surface area contributed by atoms with Crippen LogP contribution in [0, 0.1) is 6.92 Å². The number of nitrogens with zero attached hydrogens (tertiary/aromatic N) is 1. The Morgan fingerprint density at radius 1 is 1.75 bits per heavy atom. The van der Waals surface area contributed by atoms with Gasteiger partial charge >= 0.3 is 0 Å². The van der Waals surface area contributed by atoms with Crippen LogP contribution in [-0.4, -0.2) is 36.4 Å². The monoisotopic (exact) mass is 170 g/mol. The van der Waals surface area contributed by atoms with Crippen molar-refractivity contribution in [2.24, 2.45) is 0 Å². The maximum Gasteiger partial charge on any atom is 0.274 e. The first-order valence-corrected chi connectivity index (χ1v) is 4.38. The van der Waals surface area contributed by atoms with Crippen molar-refractivity contribution in [2.45, 2.75) is 19.1 Å². The second-order valence-electron chi connectivity index (χ2n) is 3.45. The largest absolute Gasteiger partial charge is 0.350 e. The van der Waals surface area contributed by atoms with Gasteiger partial charge in [-0.05, 0) is 0 Å². The van der Waals surface area contributed by atoms with Gasteiger partial charge in [0.05, 0.1) is 6.54 Å². The third-order valence-electron chi connectivity index (χ3n) is 2.61. The SMILES string of the molecule is [CH2]C(=O)NCC[N+]12CCCC1O2. The lowest BCUT2D eigenvalue weighted by Gasteiger charge is -2.08. The number of hydrogen-bond donors (Lipinski definition) is 1. The van der Waals surface area contributed by atoms with E-state index in [1.807, 2.05) is 0 Å². The lowest BCUT2D eigenvalue weighted by Crippen LogP contribution is -2.35. The number of fused-ring (bicyclic) bond motifs is 1. The Kier molecular flexibility index (Phi) is 1.81. The molecule has 0 aromatic carbocycles. The number of amides is 1. The van der Waals surface area contributed by atoms with E-state index in [0.29, 0.717) is 12.8 Å². The minimum Gasteiger partial charge on any atom is -0.350 e. The topological polar surface area (TPSA) is 41.6 Å². The molecule has 67 valence electrons. The summed E-state index contributed by atoms with van der Waals surface area (Å²) in [7, 11) is 0. The number of hydroxylamine groups is 3. The third kappa shape index (κ3) is 1.32. The van der Waals surface area contributed by atoms with Crippen LogP contribution in [0.1, 0.15) is 12.8 Å². The molecule has 1 N–H and O–H groups in total. The van der Waals surface area contributed by atoms with Crippen molar-refractivity contribution in [1.82, 2.24) is 5.32 Å². The second kappa shape index (κ2) is 2.71. The minimum absolute atomic E-state index is 0.203. The van der Waals surface area contributed by atoms with Crippen molar-refractivity contribution >= 4 is 5.91 Å². The molecule has 1 amide bonds. The molecule has 2 rings (SSSR count). The van der Waals surface area contributed by atoms with E-state index in [1.165, 1.54) is 12.8 Å². The fourth-order valence-electron chi connectivity index (χ4n) is 1.93. The Hall–Kier alpha value is -0.610. The smallest absolute Gasteiger partial charge is 0.274 e. The molecule has 2 unspecified atom stereocenters. The normalized spacial score (nSPS) is 37.6. The number of carbonyl (C=O) groups is 1. The van der Waals surface area contributed by atoms with E-state index in [4.69, 9.17) is 4.84 Å². The van der Waals surface area contributed by atoms with Crippen molar-refractivity contribution in [3.63, 3.8) is 0 Å². The van der Waals surface area contributed by atoms with Gasteiger partial charge in [0.25, 0.3) is 6.23 Å². The standard InChI is InChI=1S/C8H13N2O2/c1-7(11)9-4-6-10-5-2-3-8(10)12-10/h8H,1-6H2/p+1. The highest BCUT2D eigenvalue weighted by molar-refractivity contribution is 5.79. The Bertz CT molecular complexity index is 207. The summed E-state index contributed by atoms with van der Waals surface area (Å²) in [5.41, 5.74) is 0. The highest BCUT2D eigenvalue weighted by atomic mass is 16.9. The quantitative estimate of drug-likeness (QED) is 0.471. The van der Waals surface area contributed by atoms with E-state index in [0.717, 1.165) is 17.7 Å². The van der Waals surface area contributed by atoms with Gasteiger partial charge in [-0.25, -0.2) is 0 Å². The van der Waals surface area contributed by atoms with E-state index in [1.54, 1.807) is 0 Å². The summed E-state index contributed by atoms with van der Waals surface area (Å²) in [6.07, 6.45) is 2.87. The molecule has 0 aromatic heterocycles. The lowest BCUT2D eigenvalue weighted by molar-refractivity contribution is -0.914. The number of quaternary nitrogens is 1. The van der Waals surface area contributed by atoms with Crippen molar-refractivity contribution in [1.29, 1.82) is 0 Å². The summed E-state index contributed by atoms with van der Waals surface area (Å²) >= 11 is 0. The number of hydrogen-bond acceptors (Lipinski definition) is 2. The highest BCUT2D eigenvalue weighted by Crippen LogP contribution is 2.42. The Morgan fingerprint density at radius 2 is 2.58 bits per heavy atom. The summed E-state index contributed by atoms with van der Waals surface area (Å²) in [6, 6.07) is 0. The van der Waals surface area contributed by atoms with E-state index in [9.17, 15) is 4.79 Å². The molecular weight excluding hydrogens is 156 g/mol. The zero-order chi connectivity index (χ0) is 8.60. The van der Waals surface area contributed by atoms with Crippen molar-refractivity contribution in [3.05, 3.63) is 6.92 Å². The van der Waals surface area contributed by atoms with E-state index < -0.39 is 0 Å². The van der Waals surface area contributed by atoms with Crippen LogP contribution in [0.25, 0.3) is 0 Å². The fraction of sp³-hybridized carbons (Fsp3) is 0.750. The predicted molar refractivity (Wildman–Crippen MR) is 42.5 cm³/mol. The van der Waals surface area contributed by atoms with Gasteiger partial charge in [0.15, 0.2) is 0 Å². The average Bonchev–Trinajstić information content (AvgIpc) is 2.53. The molecule has 4 nitrogen and oxygen atoms in total. The van der Waals surface area contributed by atoms with Crippen LogP contribution in [0.15, 0.2) is 0 Å². The Balaban J connectivity index is 1.71. The molecule has 0 saturated carbocycles. The van der Waals surface area contributed by atoms with Crippen LogP contribution in [0.3, 0.4) is 0 Å². The predicted octanol–water partition coefficient (Wildman–Crippen LogP) is -0.181. The molecule has 12 heavy (non-hydrogen) atoms. The van der Waals surface area contributed by atoms with Gasteiger partial charge in [-0.15, -0.1) is 9.48 Å². The van der Waals surface area contributed by atoms with Crippen molar-refractivity contribution in [3.8, 4) is 0 Å². The number of carbonyl (C=O) groups excluding carboxylic acids is 1.